The minimum Gasteiger partial charge on any atom is -0.370 e. The van der Waals surface area contributed by atoms with Gasteiger partial charge in [-0.15, -0.1) is 0 Å². The number of carbonyl (C=O) groups excluding carboxylic acids is 2. The maximum Gasteiger partial charge on any atom is 0.226 e. The molecule has 0 saturated carbocycles. The Hall–Kier alpha value is -1.36. The zero-order chi connectivity index (χ0) is 11.3. The molecule has 0 heterocycles. The molecule has 0 aromatic carbocycles. The van der Waals surface area contributed by atoms with E-state index in [-0.39, 0.29) is 23.8 Å². The molecule has 5 N–H and O–H groups in total. The van der Waals surface area contributed by atoms with E-state index in [1.165, 1.54) is 0 Å². The monoisotopic (exact) mass is 211 g/mol. The third kappa shape index (κ3) is 4.12. The molecule has 0 bridgehead atoms. The van der Waals surface area contributed by atoms with Crippen LogP contribution in [0.3, 0.4) is 0 Å². The number of hydrogen-bond acceptors (Lipinski definition) is 3. The lowest BCUT2D eigenvalue weighted by Gasteiger charge is -2.09. The van der Waals surface area contributed by atoms with Crippen LogP contribution in [0.15, 0.2) is 12.2 Å². The molecule has 0 spiro atoms. The van der Waals surface area contributed by atoms with Crippen LogP contribution in [0, 0.1) is 5.92 Å². The molecule has 0 saturated heterocycles. The fourth-order valence-corrected chi connectivity index (χ4v) is 1.53. The van der Waals surface area contributed by atoms with Gasteiger partial charge in [0.25, 0.3) is 0 Å². The summed E-state index contributed by atoms with van der Waals surface area (Å²) >= 11 is 0. The molecule has 84 valence electrons. The van der Waals surface area contributed by atoms with E-state index in [0.29, 0.717) is 25.8 Å². The lowest BCUT2D eigenvalue weighted by molar-refractivity contribution is -0.124. The lowest BCUT2D eigenvalue weighted by Crippen LogP contribution is -2.31. The van der Waals surface area contributed by atoms with Crippen LogP contribution in [0.2, 0.25) is 0 Å². The van der Waals surface area contributed by atoms with Crippen molar-refractivity contribution in [3.63, 3.8) is 0 Å². The Morgan fingerprint density at radius 2 is 2.13 bits per heavy atom. The standard InChI is InChI=1S/C10H17N3O2/c11-8-4-3-7(6-8)10(15)13-5-1-2-9(12)14/h3-4,7-8H,1-2,5-6,11H2,(H2,12,14)(H,13,15). The van der Waals surface area contributed by atoms with Gasteiger partial charge in [0.15, 0.2) is 0 Å². The fraction of sp³-hybridized carbons (Fsp3) is 0.600. The topological polar surface area (TPSA) is 98.2 Å². The molecule has 2 amide bonds. The molecule has 0 aromatic rings. The predicted molar refractivity (Wildman–Crippen MR) is 56.7 cm³/mol. The molecule has 0 radical (unpaired) electrons. The van der Waals surface area contributed by atoms with Crippen molar-refractivity contribution < 1.29 is 9.59 Å². The number of rotatable bonds is 5. The molecule has 5 nitrogen and oxygen atoms in total. The van der Waals surface area contributed by atoms with Crippen LogP contribution in [0.25, 0.3) is 0 Å². The maximum absolute atomic E-state index is 11.5. The van der Waals surface area contributed by atoms with Crippen molar-refractivity contribution in [2.45, 2.75) is 25.3 Å². The molecule has 2 atom stereocenters. The van der Waals surface area contributed by atoms with Gasteiger partial charge in [0.05, 0.1) is 5.92 Å². The Balaban J connectivity index is 2.14. The number of hydrogen-bond donors (Lipinski definition) is 3. The van der Waals surface area contributed by atoms with Gasteiger partial charge in [0.2, 0.25) is 11.8 Å². The van der Waals surface area contributed by atoms with Gasteiger partial charge < -0.3 is 16.8 Å². The summed E-state index contributed by atoms with van der Waals surface area (Å²) < 4.78 is 0. The highest BCUT2D eigenvalue weighted by Crippen LogP contribution is 2.15. The van der Waals surface area contributed by atoms with E-state index in [1.807, 2.05) is 12.2 Å². The third-order valence-electron chi connectivity index (χ3n) is 2.35. The van der Waals surface area contributed by atoms with Crippen molar-refractivity contribution in [1.29, 1.82) is 0 Å². The van der Waals surface area contributed by atoms with Crippen molar-refractivity contribution in [1.82, 2.24) is 5.32 Å². The zero-order valence-corrected chi connectivity index (χ0v) is 8.61. The van der Waals surface area contributed by atoms with Crippen LogP contribution in [0.4, 0.5) is 0 Å². The van der Waals surface area contributed by atoms with Crippen molar-refractivity contribution in [2.24, 2.45) is 17.4 Å². The SMILES string of the molecule is NC(=O)CCCNC(=O)C1C=CC(N)C1. The zero-order valence-electron chi connectivity index (χ0n) is 8.61. The molecule has 1 aliphatic rings. The van der Waals surface area contributed by atoms with Crippen LogP contribution in [0.5, 0.6) is 0 Å². The second kappa shape index (κ2) is 5.50. The first kappa shape index (κ1) is 11.7. The second-order valence-corrected chi connectivity index (χ2v) is 3.75. The molecular weight excluding hydrogens is 194 g/mol. The third-order valence-corrected chi connectivity index (χ3v) is 2.35. The number of primary amides is 1. The van der Waals surface area contributed by atoms with Crippen LogP contribution in [0.1, 0.15) is 19.3 Å². The summed E-state index contributed by atoms with van der Waals surface area (Å²) in [7, 11) is 0. The molecule has 5 heteroatoms. The van der Waals surface area contributed by atoms with Crippen molar-refractivity contribution in [2.75, 3.05) is 6.54 Å². The number of nitrogens with one attached hydrogen (secondary N) is 1. The Morgan fingerprint density at radius 1 is 1.40 bits per heavy atom. The first-order valence-corrected chi connectivity index (χ1v) is 5.09. The van der Waals surface area contributed by atoms with Gasteiger partial charge in [0, 0.05) is 19.0 Å². The maximum atomic E-state index is 11.5. The van der Waals surface area contributed by atoms with E-state index >= 15 is 0 Å². The van der Waals surface area contributed by atoms with Crippen molar-refractivity contribution >= 4 is 11.8 Å². The second-order valence-electron chi connectivity index (χ2n) is 3.75. The molecule has 0 aromatic heterocycles. The van der Waals surface area contributed by atoms with Crippen molar-refractivity contribution in [3.05, 3.63) is 12.2 Å². The highest BCUT2D eigenvalue weighted by molar-refractivity contribution is 5.81. The summed E-state index contributed by atoms with van der Waals surface area (Å²) in [6, 6.07) is -0.00799. The summed E-state index contributed by atoms with van der Waals surface area (Å²) in [6.07, 6.45) is 5.23. The summed E-state index contributed by atoms with van der Waals surface area (Å²) in [6.45, 7) is 0.487. The summed E-state index contributed by atoms with van der Waals surface area (Å²) in [5, 5.41) is 2.75. The smallest absolute Gasteiger partial charge is 0.226 e. The Labute approximate surface area is 88.9 Å². The van der Waals surface area contributed by atoms with Crippen LogP contribution >= 0.6 is 0 Å². The van der Waals surface area contributed by atoms with Gasteiger partial charge >= 0.3 is 0 Å². The van der Waals surface area contributed by atoms with Crippen molar-refractivity contribution in [3.8, 4) is 0 Å². The average molecular weight is 211 g/mol. The molecule has 1 rings (SSSR count). The van der Waals surface area contributed by atoms with Crippen LogP contribution in [-0.2, 0) is 9.59 Å². The first-order valence-electron chi connectivity index (χ1n) is 5.09. The van der Waals surface area contributed by atoms with Gasteiger partial charge in [-0.2, -0.15) is 0 Å². The first-order chi connectivity index (χ1) is 7.09. The van der Waals surface area contributed by atoms with Gasteiger partial charge in [-0.25, -0.2) is 0 Å². The number of carbonyl (C=O) groups is 2. The minimum absolute atomic E-state index is 0.00799. The Morgan fingerprint density at radius 3 is 2.67 bits per heavy atom. The van der Waals surface area contributed by atoms with Gasteiger partial charge in [-0.05, 0) is 12.8 Å². The summed E-state index contributed by atoms with van der Waals surface area (Å²) in [4.78, 5) is 21.9. The summed E-state index contributed by atoms with van der Waals surface area (Å²) in [5.74, 6) is -0.482. The van der Waals surface area contributed by atoms with E-state index in [0.717, 1.165) is 0 Å². The summed E-state index contributed by atoms with van der Waals surface area (Å²) in [5.41, 5.74) is 10.6. The molecule has 1 aliphatic carbocycles. The van der Waals surface area contributed by atoms with E-state index in [4.69, 9.17) is 11.5 Å². The van der Waals surface area contributed by atoms with Crippen LogP contribution in [-0.4, -0.2) is 24.4 Å². The molecule has 2 unspecified atom stereocenters. The molecule has 0 fully saturated rings. The van der Waals surface area contributed by atoms with E-state index in [2.05, 4.69) is 5.32 Å². The minimum atomic E-state index is -0.341. The van der Waals surface area contributed by atoms with Gasteiger partial charge in [-0.3, -0.25) is 9.59 Å². The van der Waals surface area contributed by atoms with E-state index < -0.39 is 0 Å². The van der Waals surface area contributed by atoms with Crippen LogP contribution < -0.4 is 16.8 Å². The van der Waals surface area contributed by atoms with Gasteiger partial charge in [0.1, 0.15) is 0 Å². The highest BCUT2D eigenvalue weighted by Gasteiger charge is 2.21. The molecular formula is C10H17N3O2. The predicted octanol–water partition coefficient (Wildman–Crippen LogP) is -0.728. The fourth-order valence-electron chi connectivity index (χ4n) is 1.53. The van der Waals surface area contributed by atoms with Gasteiger partial charge in [-0.1, -0.05) is 12.2 Å². The average Bonchev–Trinajstić information content (AvgIpc) is 2.59. The van der Waals surface area contributed by atoms with E-state index in [9.17, 15) is 9.59 Å². The largest absolute Gasteiger partial charge is 0.370 e. The Bertz CT molecular complexity index is 276. The molecule has 0 aliphatic heterocycles. The lowest BCUT2D eigenvalue weighted by atomic mass is 10.1. The number of amides is 2. The Kier molecular flexibility index (Phi) is 4.30. The molecule has 15 heavy (non-hydrogen) atoms. The normalized spacial score (nSPS) is 24.1. The van der Waals surface area contributed by atoms with E-state index in [1.54, 1.807) is 0 Å². The highest BCUT2D eigenvalue weighted by atomic mass is 16.2. The quantitative estimate of drug-likeness (QED) is 0.413. The number of nitrogens with two attached hydrogens (primary N) is 2.